The molecule has 2 aromatic rings. The highest BCUT2D eigenvalue weighted by Crippen LogP contribution is 2.28. The quantitative estimate of drug-likeness (QED) is 0.523. The van der Waals surface area contributed by atoms with E-state index in [1.807, 2.05) is 12.1 Å². The average molecular weight is 425 g/mol. The molecule has 28 heavy (non-hydrogen) atoms. The second kappa shape index (κ2) is 8.44. The summed E-state index contributed by atoms with van der Waals surface area (Å²) in [6.45, 7) is 2.83. The topological polar surface area (TPSA) is 105 Å². The highest BCUT2D eigenvalue weighted by molar-refractivity contribution is 7.89. The molecule has 1 heterocycles. The molecule has 0 amide bonds. The van der Waals surface area contributed by atoms with Crippen LogP contribution in [-0.2, 0) is 23.0 Å². The Hall–Kier alpha value is -2.20. The van der Waals surface area contributed by atoms with Crippen LogP contribution in [0.25, 0.3) is 0 Å². The highest BCUT2D eigenvalue weighted by atomic mass is 35.5. The largest absolute Gasteiger partial charge is 0.378 e. The fourth-order valence-electron chi connectivity index (χ4n) is 3.26. The van der Waals surface area contributed by atoms with Crippen LogP contribution in [0.15, 0.2) is 41.3 Å². The van der Waals surface area contributed by atoms with Gasteiger partial charge < -0.3 is 5.32 Å². The van der Waals surface area contributed by atoms with Gasteiger partial charge in [-0.05, 0) is 42.8 Å². The van der Waals surface area contributed by atoms with E-state index >= 15 is 0 Å². The Morgan fingerprint density at radius 1 is 1.29 bits per heavy atom. The van der Waals surface area contributed by atoms with Crippen LogP contribution < -0.4 is 10.0 Å². The predicted octanol–water partition coefficient (Wildman–Crippen LogP) is 2.63. The smallest absolute Gasteiger partial charge is 0.293 e. The summed E-state index contributed by atoms with van der Waals surface area (Å²) >= 11 is 6.23. The van der Waals surface area contributed by atoms with Gasteiger partial charge in [0, 0.05) is 37.3 Å². The summed E-state index contributed by atoms with van der Waals surface area (Å²) in [5.41, 5.74) is 2.41. The third kappa shape index (κ3) is 4.44. The van der Waals surface area contributed by atoms with Crippen molar-refractivity contribution in [1.29, 1.82) is 0 Å². The molecule has 8 nitrogen and oxygen atoms in total. The van der Waals surface area contributed by atoms with Gasteiger partial charge in [0.1, 0.15) is 5.69 Å². The Kier molecular flexibility index (Phi) is 6.19. The highest BCUT2D eigenvalue weighted by Gasteiger charge is 2.21. The van der Waals surface area contributed by atoms with E-state index in [0.29, 0.717) is 18.8 Å². The van der Waals surface area contributed by atoms with Crippen LogP contribution in [0, 0.1) is 10.1 Å². The van der Waals surface area contributed by atoms with E-state index in [9.17, 15) is 18.5 Å². The standard InChI is InChI=1S/C18H21ClN4O4S/c1-20-28(26,27)14-5-6-17(18(11-14)23(24)25)21-8-10-22-9-7-15-13(12-22)3-2-4-16(15)19/h2-6,11,20-21H,7-10,12H2,1H3. The van der Waals surface area contributed by atoms with Crippen molar-refractivity contribution >= 4 is 33.0 Å². The third-order valence-electron chi connectivity index (χ3n) is 4.78. The minimum Gasteiger partial charge on any atom is -0.378 e. The number of hydrogen-bond acceptors (Lipinski definition) is 6. The minimum atomic E-state index is -3.74. The molecular formula is C18H21ClN4O4S. The van der Waals surface area contributed by atoms with Crippen LogP contribution >= 0.6 is 11.6 Å². The van der Waals surface area contributed by atoms with Crippen LogP contribution in [-0.4, -0.2) is 44.9 Å². The van der Waals surface area contributed by atoms with Gasteiger partial charge in [0.2, 0.25) is 10.0 Å². The van der Waals surface area contributed by atoms with E-state index in [-0.39, 0.29) is 10.6 Å². The molecule has 0 radical (unpaired) electrons. The maximum atomic E-state index is 11.9. The fourth-order valence-corrected chi connectivity index (χ4v) is 4.30. The summed E-state index contributed by atoms with van der Waals surface area (Å²) in [5, 5.41) is 15.2. The molecule has 0 atom stereocenters. The first kappa shape index (κ1) is 20.5. The van der Waals surface area contributed by atoms with Gasteiger partial charge in [-0.3, -0.25) is 15.0 Å². The zero-order chi connectivity index (χ0) is 20.3. The lowest BCUT2D eigenvalue weighted by molar-refractivity contribution is -0.384. The second-order valence-corrected chi connectivity index (χ2v) is 8.77. The van der Waals surface area contributed by atoms with E-state index < -0.39 is 14.9 Å². The van der Waals surface area contributed by atoms with Crippen molar-refractivity contribution in [3.05, 3.63) is 62.7 Å². The minimum absolute atomic E-state index is 0.142. The molecule has 0 aromatic heterocycles. The second-order valence-electron chi connectivity index (χ2n) is 6.47. The van der Waals surface area contributed by atoms with Gasteiger partial charge in [0.05, 0.1) is 9.82 Å². The molecule has 2 aromatic carbocycles. The molecular weight excluding hydrogens is 404 g/mol. The van der Waals surface area contributed by atoms with Crippen molar-refractivity contribution in [3.63, 3.8) is 0 Å². The first-order valence-electron chi connectivity index (χ1n) is 8.76. The van der Waals surface area contributed by atoms with Gasteiger partial charge in [-0.25, -0.2) is 13.1 Å². The lowest BCUT2D eigenvalue weighted by atomic mass is 10.00. The molecule has 150 valence electrons. The molecule has 0 spiro atoms. The number of hydrogen-bond donors (Lipinski definition) is 2. The molecule has 1 aliphatic rings. The summed E-state index contributed by atoms with van der Waals surface area (Å²) in [6.07, 6.45) is 0.867. The van der Waals surface area contributed by atoms with Crippen molar-refractivity contribution in [1.82, 2.24) is 9.62 Å². The first-order valence-corrected chi connectivity index (χ1v) is 10.6. The molecule has 0 saturated carbocycles. The lowest BCUT2D eigenvalue weighted by Gasteiger charge is -2.29. The number of nitrogens with one attached hydrogen (secondary N) is 2. The van der Waals surface area contributed by atoms with Crippen molar-refractivity contribution in [3.8, 4) is 0 Å². The van der Waals surface area contributed by atoms with Crippen molar-refractivity contribution in [2.75, 3.05) is 32.0 Å². The molecule has 1 aliphatic heterocycles. The van der Waals surface area contributed by atoms with Crippen molar-refractivity contribution in [2.45, 2.75) is 17.9 Å². The Morgan fingerprint density at radius 3 is 2.79 bits per heavy atom. The Bertz CT molecular complexity index is 997. The number of rotatable bonds is 7. The van der Waals surface area contributed by atoms with Crippen molar-refractivity contribution in [2.24, 2.45) is 0 Å². The molecule has 0 saturated heterocycles. The summed E-state index contributed by atoms with van der Waals surface area (Å²) in [5.74, 6) is 0. The van der Waals surface area contributed by atoms with Gasteiger partial charge >= 0.3 is 0 Å². The maximum absolute atomic E-state index is 11.9. The van der Waals surface area contributed by atoms with Crippen molar-refractivity contribution < 1.29 is 13.3 Å². The summed E-state index contributed by atoms with van der Waals surface area (Å²) in [6, 6.07) is 9.73. The lowest BCUT2D eigenvalue weighted by Crippen LogP contribution is -2.34. The van der Waals surface area contributed by atoms with Gasteiger partial charge in [-0.1, -0.05) is 23.7 Å². The molecule has 2 N–H and O–H groups in total. The van der Waals surface area contributed by atoms with Gasteiger partial charge in [0.25, 0.3) is 5.69 Å². The normalized spacial score (nSPS) is 14.5. The number of halogens is 1. The number of nitrogens with zero attached hydrogens (tertiary/aromatic N) is 2. The number of anilines is 1. The number of sulfonamides is 1. The molecule has 3 rings (SSSR count). The van der Waals surface area contributed by atoms with E-state index in [1.54, 1.807) is 0 Å². The van der Waals surface area contributed by atoms with Crippen LogP contribution in [0.1, 0.15) is 11.1 Å². The molecule has 0 unspecified atom stereocenters. The molecule has 0 fully saturated rings. The Balaban J connectivity index is 1.66. The molecule has 0 bridgehead atoms. The first-order chi connectivity index (χ1) is 13.3. The number of nitro groups is 1. The zero-order valence-electron chi connectivity index (χ0n) is 15.3. The average Bonchev–Trinajstić information content (AvgIpc) is 2.68. The van der Waals surface area contributed by atoms with Gasteiger partial charge in [0.15, 0.2) is 0 Å². The van der Waals surface area contributed by atoms with E-state index in [2.05, 4.69) is 21.0 Å². The Morgan fingerprint density at radius 2 is 2.07 bits per heavy atom. The van der Waals surface area contributed by atoms with E-state index in [0.717, 1.165) is 30.6 Å². The SMILES string of the molecule is CNS(=O)(=O)c1ccc(NCCN2CCc3c(Cl)cccc3C2)c([N+](=O)[O-])c1. The van der Waals surface area contributed by atoms with Crippen LogP contribution in [0.5, 0.6) is 0 Å². The van der Waals surface area contributed by atoms with E-state index in [1.165, 1.54) is 30.3 Å². The summed E-state index contributed by atoms with van der Waals surface area (Å²) in [4.78, 5) is 12.9. The number of nitro benzene ring substituents is 1. The van der Waals surface area contributed by atoms with Crippen LogP contribution in [0.3, 0.4) is 0 Å². The fraction of sp³-hybridized carbons (Fsp3) is 0.333. The molecule has 0 aliphatic carbocycles. The van der Waals surface area contributed by atoms with Crippen LogP contribution in [0.4, 0.5) is 11.4 Å². The zero-order valence-corrected chi connectivity index (χ0v) is 16.9. The monoisotopic (exact) mass is 424 g/mol. The number of fused-ring (bicyclic) bond motifs is 1. The maximum Gasteiger partial charge on any atom is 0.293 e. The van der Waals surface area contributed by atoms with E-state index in [4.69, 9.17) is 11.6 Å². The predicted molar refractivity (Wildman–Crippen MR) is 108 cm³/mol. The summed E-state index contributed by atoms with van der Waals surface area (Å²) in [7, 11) is -2.48. The molecule has 10 heteroatoms. The Labute approximate surface area is 168 Å². The third-order valence-corrected chi connectivity index (χ3v) is 6.54. The summed E-state index contributed by atoms with van der Waals surface area (Å²) < 4.78 is 25.9. The van der Waals surface area contributed by atoms with Gasteiger partial charge in [-0.2, -0.15) is 0 Å². The van der Waals surface area contributed by atoms with Gasteiger partial charge in [-0.15, -0.1) is 0 Å². The number of benzene rings is 2. The van der Waals surface area contributed by atoms with Crippen LogP contribution in [0.2, 0.25) is 5.02 Å².